The van der Waals surface area contributed by atoms with Crippen LogP contribution in [0.5, 0.6) is 17.2 Å². The third kappa shape index (κ3) is 9.73. The number of hydrogen-bond donors (Lipinski definition) is 0. The molecule has 2 aromatic rings. The van der Waals surface area contributed by atoms with Crippen LogP contribution in [0.4, 0.5) is 0 Å². The molecule has 1 aromatic carbocycles. The quantitative estimate of drug-likeness (QED) is 0.0776. The highest BCUT2D eigenvalue weighted by Crippen LogP contribution is 2.38. The van der Waals surface area contributed by atoms with Gasteiger partial charge < -0.3 is 42.3 Å². The van der Waals surface area contributed by atoms with E-state index in [1.165, 1.54) is 13.0 Å². The lowest BCUT2D eigenvalue weighted by Gasteiger charge is -2.43. The summed E-state index contributed by atoms with van der Waals surface area (Å²) < 4.78 is 50.3. The summed E-state index contributed by atoms with van der Waals surface area (Å²) in [6, 6.07) is 4.64. The third-order valence-electron chi connectivity index (χ3n) is 6.18. The number of carbonyl (C=O) groups is 4. The molecule has 1 aliphatic heterocycles. The summed E-state index contributed by atoms with van der Waals surface area (Å²) in [4.78, 5) is 61.3. The van der Waals surface area contributed by atoms with Gasteiger partial charge in [-0.1, -0.05) is 25.0 Å². The summed E-state index contributed by atoms with van der Waals surface area (Å²) in [6.45, 7) is 7.82. The lowest BCUT2D eigenvalue weighted by molar-refractivity contribution is -0.288. The van der Waals surface area contributed by atoms with E-state index in [2.05, 4.69) is 12.0 Å². The molecule has 1 fully saturated rings. The first-order valence-corrected chi connectivity index (χ1v) is 14.4. The third-order valence-corrected chi connectivity index (χ3v) is 6.18. The van der Waals surface area contributed by atoms with E-state index in [4.69, 9.17) is 42.3 Å². The molecule has 0 saturated carbocycles. The molecule has 0 amide bonds. The average molecular weight is 645 g/mol. The van der Waals surface area contributed by atoms with Gasteiger partial charge >= 0.3 is 29.5 Å². The average Bonchev–Trinajstić information content (AvgIpc) is 2.97. The van der Waals surface area contributed by atoms with Gasteiger partial charge in [0.15, 0.2) is 18.0 Å². The van der Waals surface area contributed by atoms with E-state index in [1.807, 2.05) is 19.1 Å². The van der Waals surface area contributed by atoms with Crippen LogP contribution in [0.25, 0.3) is 11.0 Å². The van der Waals surface area contributed by atoms with Crippen molar-refractivity contribution in [2.45, 2.75) is 85.1 Å². The van der Waals surface area contributed by atoms with E-state index in [0.717, 1.165) is 34.1 Å². The van der Waals surface area contributed by atoms with E-state index < -0.39 is 72.6 Å². The van der Waals surface area contributed by atoms with Crippen LogP contribution in [-0.4, -0.2) is 67.8 Å². The van der Waals surface area contributed by atoms with E-state index in [0.29, 0.717) is 18.8 Å². The van der Waals surface area contributed by atoms with Crippen LogP contribution in [0.15, 0.2) is 39.6 Å². The maximum absolute atomic E-state index is 13.1. The van der Waals surface area contributed by atoms with Crippen molar-refractivity contribution in [3.8, 4) is 29.3 Å². The zero-order valence-electron chi connectivity index (χ0n) is 26.3. The minimum atomic E-state index is -1.65. The number of fused-ring (bicyclic) bond motifs is 1. The molecule has 248 valence electrons. The number of carbonyl (C=O) groups excluding carboxylic acids is 4. The molecule has 1 aliphatic rings. The lowest BCUT2D eigenvalue weighted by atomic mass is 9.98. The Bertz CT molecular complexity index is 1560. The second-order valence-electron chi connectivity index (χ2n) is 9.86. The van der Waals surface area contributed by atoms with Gasteiger partial charge in [-0.2, -0.15) is 0 Å². The molecule has 5 atom stereocenters. The van der Waals surface area contributed by atoms with Crippen LogP contribution in [0.2, 0.25) is 0 Å². The summed E-state index contributed by atoms with van der Waals surface area (Å²) in [5.74, 6) is -0.922. The van der Waals surface area contributed by atoms with Gasteiger partial charge in [-0.25, -0.2) is 4.79 Å². The SMILES string of the molecule is CC#COc1c(O[C@@H]2O[C@H](COC(C)=O)[C@@H](OC(C)=O)[C@H](OC(C)=O)[C@H]2OC(C)=O)c2ccc(OCCC=CCC)cc2oc1=O. The van der Waals surface area contributed by atoms with Gasteiger partial charge in [0.1, 0.15) is 30.1 Å². The number of esters is 4. The molecule has 1 aromatic heterocycles. The van der Waals surface area contributed by atoms with Gasteiger partial charge in [0.2, 0.25) is 12.4 Å². The number of ether oxygens (including phenoxy) is 8. The Labute approximate surface area is 264 Å². The van der Waals surface area contributed by atoms with E-state index >= 15 is 0 Å². The summed E-state index contributed by atoms with van der Waals surface area (Å²) in [5.41, 5.74) is -0.928. The van der Waals surface area contributed by atoms with Gasteiger partial charge in [0.05, 0.1) is 12.0 Å². The zero-order chi connectivity index (χ0) is 33.8. The summed E-state index contributed by atoms with van der Waals surface area (Å²) in [7, 11) is 0. The van der Waals surface area contributed by atoms with Crippen LogP contribution < -0.4 is 19.8 Å². The van der Waals surface area contributed by atoms with Crippen LogP contribution in [0.3, 0.4) is 0 Å². The standard InChI is InChI=1S/C32H36O14/c1-7-9-10-11-15-38-22-12-13-23-24(16-22)44-31(37)29(39-14-8-2)26(23)46-32-30(43-21(6)36)28(42-20(5)35)27(41-19(4)34)25(45-32)17-40-18(3)33/h9-10,12-13,16,25,27-28,30,32H,7,11,15,17H2,1-6H3/t25-,27-,28+,30-,32+/m1/s1. The second-order valence-corrected chi connectivity index (χ2v) is 9.86. The number of allylic oxidation sites excluding steroid dienone is 1. The first-order chi connectivity index (χ1) is 21.9. The molecular weight excluding hydrogens is 608 g/mol. The Morgan fingerprint density at radius 3 is 2.20 bits per heavy atom. The van der Waals surface area contributed by atoms with E-state index in [1.54, 1.807) is 12.1 Å². The lowest BCUT2D eigenvalue weighted by Crippen LogP contribution is -2.63. The molecule has 0 unspecified atom stereocenters. The number of benzene rings is 1. The molecule has 3 rings (SSSR count). The molecule has 1 saturated heterocycles. The summed E-state index contributed by atoms with van der Waals surface area (Å²) in [6.07, 6.45) is 0.470. The summed E-state index contributed by atoms with van der Waals surface area (Å²) in [5, 5.41) is 0.207. The van der Waals surface area contributed by atoms with Gasteiger partial charge in [-0.05, 0) is 25.0 Å². The number of rotatable bonds is 13. The van der Waals surface area contributed by atoms with Gasteiger partial charge in [0.25, 0.3) is 5.75 Å². The van der Waals surface area contributed by atoms with Crippen molar-refractivity contribution in [2.75, 3.05) is 13.2 Å². The molecule has 0 N–H and O–H groups in total. The van der Waals surface area contributed by atoms with E-state index in [-0.39, 0.29) is 16.7 Å². The predicted molar refractivity (Wildman–Crippen MR) is 159 cm³/mol. The van der Waals surface area contributed by atoms with Crippen molar-refractivity contribution in [2.24, 2.45) is 0 Å². The van der Waals surface area contributed by atoms with Crippen molar-refractivity contribution in [1.29, 1.82) is 0 Å². The maximum Gasteiger partial charge on any atom is 0.384 e. The van der Waals surface area contributed by atoms with Gasteiger partial charge in [0, 0.05) is 40.7 Å². The Morgan fingerprint density at radius 1 is 0.891 bits per heavy atom. The fourth-order valence-electron chi connectivity index (χ4n) is 4.46. The van der Waals surface area contributed by atoms with Crippen LogP contribution in [0.1, 0.15) is 54.4 Å². The molecule has 0 spiro atoms. The van der Waals surface area contributed by atoms with Gasteiger partial charge in [-0.15, -0.1) is 0 Å². The Balaban J connectivity index is 2.14. The van der Waals surface area contributed by atoms with Crippen molar-refractivity contribution in [3.63, 3.8) is 0 Å². The van der Waals surface area contributed by atoms with Crippen molar-refractivity contribution in [3.05, 3.63) is 40.8 Å². The first-order valence-electron chi connectivity index (χ1n) is 14.4. The van der Waals surface area contributed by atoms with Crippen LogP contribution >= 0.6 is 0 Å². The molecule has 14 nitrogen and oxygen atoms in total. The molecular formula is C32H36O14. The highest BCUT2D eigenvalue weighted by molar-refractivity contribution is 5.86. The highest BCUT2D eigenvalue weighted by Gasteiger charge is 2.53. The Morgan fingerprint density at radius 2 is 1.57 bits per heavy atom. The van der Waals surface area contributed by atoms with Crippen molar-refractivity contribution >= 4 is 34.8 Å². The Kier molecular flexibility index (Phi) is 13.0. The van der Waals surface area contributed by atoms with Crippen molar-refractivity contribution in [1.82, 2.24) is 0 Å². The molecule has 0 bridgehead atoms. The number of hydrogen-bond acceptors (Lipinski definition) is 14. The zero-order valence-corrected chi connectivity index (χ0v) is 26.3. The summed E-state index contributed by atoms with van der Waals surface area (Å²) >= 11 is 0. The van der Waals surface area contributed by atoms with Crippen LogP contribution in [0, 0.1) is 12.0 Å². The maximum atomic E-state index is 13.1. The highest BCUT2D eigenvalue weighted by atomic mass is 16.7. The monoisotopic (exact) mass is 644 g/mol. The normalized spacial score (nSPS) is 20.6. The fraction of sp³-hybridized carbons (Fsp3) is 0.469. The molecule has 14 heteroatoms. The largest absolute Gasteiger partial charge is 0.493 e. The molecule has 46 heavy (non-hydrogen) atoms. The molecule has 0 radical (unpaired) electrons. The van der Waals surface area contributed by atoms with Gasteiger partial charge in [-0.3, -0.25) is 19.2 Å². The molecule has 2 heterocycles. The fourth-order valence-corrected chi connectivity index (χ4v) is 4.46. The minimum Gasteiger partial charge on any atom is -0.493 e. The predicted octanol–water partition coefficient (Wildman–Crippen LogP) is 3.35. The second kappa shape index (κ2) is 16.9. The smallest absolute Gasteiger partial charge is 0.384 e. The topological polar surface area (TPSA) is 172 Å². The van der Waals surface area contributed by atoms with Crippen molar-refractivity contribution < 1.29 is 61.5 Å². The van der Waals surface area contributed by atoms with Crippen LogP contribution in [-0.2, 0) is 42.9 Å². The molecule has 0 aliphatic carbocycles. The minimum absolute atomic E-state index is 0.0454. The van der Waals surface area contributed by atoms with E-state index in [9.17, 15) is 24.0 Å². The first kappa shape index (κ1) is 35.4. The Hall–Kier alpha value is -5.03.